The van der Waals surface area contributed by atoms with Crippen LogP contribution in [0.25, 0.3) is 0 Å². The molecular formula is C13H16N4O. The summed E-state index contributed by atoms with van der Waals surface area (Å²) < 4.78 is 5.61. The van der Waals surface area contributed by atoms with Crippen molar-refractivity contribution in [3.63, 3.8) is 0 Å². The highest BCUT2D eigenvalue weighted by Gasteiger charge is 2.01. The number of nitrogen functional groups attached to an aromatic ring is 1. The first-order valence-corrected chi connectivity index (χ1v) is 5.87. The molecule has 1 aromatic carbocycles. The molecule has 0 aliphatic rings. The minimum absolute atomic E-state index is 0.459. The van der Waals surface area contributed by atoms with E-state index in [1.54, 1.807) is 6.07 Å². The Hall–Kier alpha value is -2.14. The maximum Gasteiger partial charge on any atom is 0.224 e. The average Bonchev–Trinajstić information content (AvgIpc) is 2.42. The highest BCUT2D eigenvalue weighted by atomic mass is 16.5. The van der Waals surface area contributed by atoms with Gasteiger partial charge in [0, 0.05) is 6.07 Å². The van der Waals surface area contributed by atoms with Gasteiger partial charge in [-0.1, -0.05) is 25.5 Å². The van der Waals surface area contributed by atoms with E-state index < -0.39 is 0 Å². The van der Waals surface area contributed by atoms with Gasteiger partial charge in [-0.2, -0.15) is 0 Å². The van der Waals surface area contributed by atoms with E-state index >= 15 is 0 Å². The zero-order chi connectivity index (χ0) is 12.8. The van der Waals surface area contributed by atoms with Crippen molar-refractivity contribution in [3.8, 4) is 11.6 Å². The number of nitrogens with two attached hydrogens (primary N) is 1. The smallest absolute Gasteiger partial charge is 0.224 e. The molecule has 3 N–H and O–H groups in total. The summed E-state index contributed by atoms with van der Waals surface area (Å²) in [4.78, 5) is 7.92. The Labute approximate surface area is 106 Å². The fourth-order valence-corrected chi connectivity index (χ4v) is 1.61. The third kappa shape index (κ3) is 3.18. The number of anilines is 1. The van der Waals surface area contributed by atoms with E-state index in [2.05, 4.69) is 34.5 Å². The first-order chi connectivity index (χ1) is 8.81. The molecule has 1 aromatic heterocycles. The molecule has 2 rings (SSSR count). The average molecular weight is 244 g/mol. The molecule has 0 aliphatic carbocycles. The quantitative estimate of drug-likeness (QED) is 0.624. The maximum absolute atomic E-state index is 5.61. The summed E-state index contributed by atoms with van der Waals surface area (Å²) in [6, 6.07) is 9.62. The topological polar surface area (TPSA) is 73.1 Å². The third-order valence-corrected chi connectivity index (χ3v) is 2.47. The van der Waals surface area contributed by atoms with Crippen LogP contribution in [0.3, 0.4) is 0 Å². The predicted molar refractivity (Wildman–Crippen MR) is 70.4 cm³/mol. The van der Waals surface area contributed by atoms with Crippen LogP contribution >= 0.6 is 0 Å². The van der Waals surface area contributed by atoms with E-state index in [1.807, 2.05) is 12.1 Å². The van der Waals surface area contributed by atoms with Crippen molar-refractivity contribution in [2.45, 2.75) is 19.8 Å². The van der Waals surface area contributed by atoms with Gasteiger partial charge in [-0.05, 0) is 24.1 Å². The van der Waals surface area contributed by atoms with Crippen LogP contribution in [0.2, 0.25) is 0 Å². The number of aromatic nitrogens is 2. The van der Waals surface area contributed by atoms with Crippen molar-refractivity contribution < 1.29 is 4.74 Å². The molecule has 5 heteroatoms. The van der Waals surface area contributed by atoms with Gasteiger partial charge < -0.3 is 10.2 Å². The highest BCUT2D eigenvalue weighted by Crippen LogP contribution is 2.21. The second-order valence-electron chi connectivity index (χ2n) is 3.88. The third-order valence-electron chi connectivity index (χ3n) is 2.47. The van der Waals surface area contributed by atoms with Crippen molar-refractivity contribution in [2.24, 2.45) is 5.84 Å². The van der Waals surface area contributed by atoms with E-state index in [-0.39, 0.29) is 0 Å². The van der Waals surface area contributed by atoms with Crippen LogP contribution in [0, 0.1) is 0 Å². The molecule has 94 valence electrons. The van der Waals surface area contributed by atoms with E-state index in [4.69, 9.17) is 10.6 Å². The molecule has 0 aliphatic heterocycles. The molecule has 0 saturated carbocycles. The van der Waals surface area contributed by atoms with Gasteiger partial charge in [0.05, 0.1) is 0 Å². The van der Waals surface area contributed by atoms with Crippen molar-refractivity contribution in [3.05, 3.63) is 42.2 Å². The summed E-state index contributed by atoms with van der Waals surface area (Å²) in [7, 11) is 0. The van der Waals surface area contributed by atoms with Crippen LogP contribution in [-0.4, -0.2) is 9.97 Å². The summed E-state index contributed by atoms with van der Waals surface area (Å²) in [5, 5.41) is 0. The number of rotatable bonds is 5. The SMILES string of the molecule is CCCc1ccc(Oc2cc(NN)ncn2)cc1. The fourth-order valence-electron chi connectivity index (χ4n) is 1.61. The van der Waals surface area contributed by atoms with Gasteiger partial charge in [-0.15, -0.1) is 0 Å². The summed E-state index contributed by atoms with van der Waals surface area (Å²) in [5.74, 6) is 6.99. The molecule has 18 heavy (non-hydrogen) atoms. The predicted octanol–water partition coefficient (Wildman–Crippen LogP) is 2.51. The van der Waals surface area contributed by atoms with E-state index in [0.717, 1.165) is 18.6 Å². The van der Waals surface area contributed by atoms with E-state index in [0.29, 0.717) is 11.7 Å². The largest absolute Gasteiger partial charge is 0.439 e. The Bertz CT molecular complexity index is 499. The summed E-state index contributed by atoms with van der Waals surface area (Å²) in [5.41, 5.74) is 3.75. The highest BCUT2D eigenvalue weighted by molar-refractivity contribution is 5.38. The number of benzene rings is 1. The van der Waals surface area contributed by atoms with Crippen molar-refractivity contribution in [2.75, 3.05) is 5.43 Å². The Balaban J connectivity index is 2.08. The van der Waals surface area contributed by atoms with Gasteiger partial charge in [0.1, 0.15) is 17.9 Å². The van der Waals surface area contributed by atoms with Crippen LogP contribution in [-0.2, 0) is 6.42 Å². The van der Waals surface area contributed by atoms with Gasteiger partial charge in [0.25, 0.3) is 0 Å². The standard InChI is InChI=1S/C13H16N4O/c1-2-3-10-4-6-11(7-5-10)18-13-8-12(17-14)15-9-16-13/h4-9H,2-3,14H2,1H3,(H,15,16,17). The van der Waals surface area contributed by atoms with Crippen LogP contribution < -0.4 is 16.0 Å². The van der Waals surface area contributed by atoms with E-state index in [9.17, 15) is 0 Å². The zero-order valence-electron chi connectivity index (χ0n) is 10.3. The zero-order valence-corrected chi connectivity index (χ0v) is 10.3. The number of ether oxygens (including phenoxy) is 1. The van der Waals surface area contributed by atoms with E-state index in [1.165, 1.54) is 11.9 Å². The molecule has 0 bridgehead atoms. The number of nitrogens with zero attached hydrogens (tertiary/aromatic N) is 2. The minimum atomic E-state index is 0.459. The summed E-state index contributed by atoms with van der Waals surface area (Å²) in [6.45, 7) is 2.16. The normalized spacial score (nSPS) is 10.1. The Morgan fingerprint density at radius 2 is 2.00 bits per heavy atom. The fraction of sp³-hybridized carbons (Fsp3) is 0.231. The Morgan fingerprint density at radius 1 is 1.22 bits per heavy atom. The Kier molecular flexibility index (Phi) is 4.09. The van der Waals surface area contributed by atoms with Crippen LogP contribution in [0.1, 0.15) is 18.9 Å². The van der Waals surface area contributed by atoms with Gasteiger partial charge >= 0.3 is 0 Å². The molecule has 0 radical (unpaired) electrons. The number of hydrogen-bond acceptors (Lipinski definition) is 5. The lowest BCUT2D eigenvalue weighted by Gasteiger charge is -2.06. The van der Waals surface area contributed by atoms with Crippen LogP contribution in [0.4, 0.5) is 5.82 Å². The van der Waals surface area contributed by atoms with Crippen molar-refractivity contribution in [1.29, 1.82) is 0 Å². The molecule has 1 heterocycles. The van der Waals surface area contributed by atoms with Gasteiger partial charge in [-0.25, -0.2) is 15.8 Å². The molecule has 0 unspecified atom stereocenters. The lowest BCUT2D eigenvalue weighted by molar-refractivity contribution is 0.461. The molecule has 0 amide bonds. The first kappa shape index (κ1) is 12.3. The molecule has 0 saturated heterocycles. The summed E-state index contributed by atoms with van der Waals surface area (Å²) in [6.07, 6.45) is 3.61. The monoisotopic (exact) mass is 244 g/mol. The van der Waals surface area contributed by atoms with Crippen LogP contribution in [0.5, 0.6) is 11.6 Å². The second kappa shape index (κ2) is 5.97. The number of aryl methyl sites for hydroxylation is 1. The molecule has 5 nitrogen and oxygen atoms in total. The minimum Gasteiger partial charge on any atom is -0.439 e. The van der Waals surface area contributed by atoms with Crippen molar-refractivity contribution >= 4 is 5.82 Å². The molecule has 0 atom stereocenters. The summed E-state index contributed by atoms with van der Waals surface area (Å²) >= 11 is 0. The molecular weight excluding hydrogens is 228 g/mol. The van der Waals surface area contributed by atoms with Crippen molar-refractivity contribution in [1.82, 2.24) is 9.97 Å². The molecule has 2 aromatic rings. The molecule has 0 spiro atoms. The molecule has 0 fully saturated rings. The lowest BCUT2D eigenvalue weighted by Crippen LogP contribution is -2.08. The Morgan fingerprint density at radius 3 is 2.67 bits per heavy atom. The number of hydrogen-bond donors (Lipinski definition) is 2. The second-order valence-corrected chi connectivity index (χ2v) is 3.88. The first-order valence-electron chi connectivity index (χ1n) is 5.87. The lowest BCUT2D eigenvalue weighted by atomic mass is 10.1. The van der Waals surface area contributed by atoms with Gasteiger partial charge in [-0.3, -0.25) is 0 Å². The van der Waals surface area contributed by atoms with Crippen LogP contribution in [0.15, 0.2) is 36.7 Å². The van der Waals surface area contributed by atoms with Gasteiger partial charge in [0.15, 0.2) is 0 Å². The maximum atomic E-state index is 5.61. The number of hydrazine groups is 1. The van der Waals surface area contributed by atoms with Gasteiger partial charge in [0.2, 0.25) is 5.88 Å². The number of nitrogens with one attached hydrogen (secondary N) is 1.